The number of carbonyl (C=O) groups excluding carboxylic acids is 1. The van der Waals surface area contributed by atoms with E-state index in [1.807, 2.05) is 47.6 Å². The smallest absolute Gasteiger partial charge is 0.187 e. The molecular weight excluding hydrogens is 608 g/mol. The summed E-state index contributed by atoms with van der Waals surface area (Å²) in [6.07, 6.45) is -6.01. The van der Waals surface area contributed by atoms with Gasteiger partial charge in [-0.05, 0) is 69.1 Å². The van der Waals surface area contributed by atoms with Gasteiger partial charge in [0.25, 0.3) is 0 Å². The van der Waals surface area contributed by atoms with Crippen LogP contribution >= 0.6 is 0 Å². The molecule has 47 heavy (non-hydrogen) atoms. The molecule has 0 aromatic heterocycles. The number of fused-ring (bicyclic) bond motifs is 5. The lowest BCUT2D eigenvalue weighted by Crippen LogP contribution is -2.66. The molecule has 0 bridgehead atoms. The van der Waals surface area contributed by atoms with Crippen LogP contribution in [0.2, 0.25) is 0 Å². The monoisotopic (exact) mass is 666 g/mol. The van der Waals surface area contributed by atoms with Crippen LogP contribution in [0, 0.1) is 39.4 Å². The summed E-state index contributed by atoms with van der Waals surface area (Å²) >= 11 is 0. The molecule has 4 aliphatic carbocycles. The summed E-state index contributed by atoms with van der Waals surface area (Å²) in [5, 5.41) is 87.3. The van der Waals surface area contributed by atoms with Crippen molar-refractivity contribution >= 4 is 5.78 Å². The standard InChI is InChI=1S/C36H58O11/c1-17(2)9-12-24(40)36(8,45)29-21(39)14-33(5)23-11-10-18-19(35(23,7)25(41)15-34(29,33)6)13-20(38)30(32(18,3)4)47-31-28(44)27(43)26(42)22(16-37)46-31/h9-10,19-24,26-31,37-40,42-45H,11-16H2,1-8H3/t19?,20-,21+,22+,23?,24?,26+,27-,28+,29?,30+,31-,33-,34+,35-,36-/m0/s1. The van der Waals surface area contributed by atoms with Crippen molar-refractivity contribution in [2.75, 3.05) is 6.61 Å². The molecule has 8 N–H and O–H groups in total. The molecule has 11 heteroatoms. The van der Waals surface area contributed by atoms with Gasteiger partial charge in [0.05, 0.1) is 36.6 Å². The minimum atomic E-state index is -1.65. The number of aliphatic hydroxyl groups excluding tert-OH is 7. The van der Waals surface area contributed by atoms with Crippen molar-refractivity contribution in [3.8, 4) is 0 Å². The lowest BCUT2D eigenvalue weighted by atomic mass is 9.38. The van der Waals surface area contributed by atoms with Gasteiger partial charge in [-0.1, -0.05) is 57.9 Å². The average molecular weight is 667 g/mol. The van der Waals surface area contributed by atoms with Gasteiger partial charge in [0.15, 0.2) is 6.29 Å². The van der Waals surface area contributed by atoms with Crippen LogP contribution in [0.15, 0.2) is 23.3 Å². The van der Waals surface area contributed by atoms with E-state index in [4.69, 9.17) is 9.47 Å². The Morgan fingerprint density at radius 1 is 1.04 bits per heavy atom. The molecule has 268 valence electrons. The summed E-state index contributed by atoms with van der Waals surface area (Å²) in [6.45, 7) is 14.7. The second-order valence-electron chi connectivity index (χ2n) is 17.0. The number of ether oxygens (including phenoxy) is 2. The van der Waals surface area contributed by atoms with E-state index in [0.29, 0.717) is 12.8 Å². The Hall–Kier alpha value is -1.25. The molecule has 16 atom stereocenters. The van der Waals surface area contributed by atoms with E-state index >= 15 is 0 Å². The Morgan fingerprint density at radius 2 is 1.68 bits per heavy atom. The molecule has 3 saturated carbocycles. The third-order valence-electron chi connectivity index (χ3n) is 13.8. The van der Waals surface area contributed by atoms with Crippen molar-refractivity contribution in [1.82, 2.24) is 0 Å². The maximum Gasteiger partial charge on any atom is 0.187 e. The molecule has 1 saturated heterocycles. The van der Waals surface area contributed by atoms with E-state index < -0.39 is 94.9 Å². The summed E-state index contributed by atoms with van der Waals surface area (Å²) in [4.78, 5) is 14.7. The van der Waals surface area contributed by atoms with E-state index in [0.717, 1.165) is 11.1 Å². The van der Waals surface area contributed by atoms with Crippen molar-refractivity contribution in [1.29, 1.82) is 0 Å². The van der Waals surface area contributed by atoms with Gasteiger partial charge in [0.2, 0.25) is 0 Å². The van der Waals surface area contributed by atoms with Crippen molar-refractivity contribution in [3.63, 3.8) is 0 Å². The van der Waals surface area contributed by atoms with Gasteiger partial charge >= 0.3 is 0 Å². The molecular formula is C36H58O11. The zero-order chi connectivity index (χ0) is 35.2. The van der Waals surface area contributed by atoms with Crippen LogP contribution in [0.25, 0.3) is 0 Å². The number of Topliss-reactive ketones (excluding diaryl/α,β-unsaturated/α-hetero) is 1. The molecule has 0 aromatic carbocycles. The quantitative estimate of drug-likeness (QED) is 0.183. The predicted octanol–water partition coefficient (Wildman–Crippen LogP) is 1.37. The zero-order valence-electron chi connectivity index (χ0n) is 29.1. The highest BCUT2D eigenvalue weighted by atomic mass is 16.7. The highest BCUT2D eigenvalue weighted by molar-refractivity contribution is 5.88. The predicted molar refractivity (Wildman–Crippen MR) is 171 cm³/mol. The minimum absolute atomic E-state index is 0.00284. The van der Waals surface area contributed by atoms with Crippen molar-refractivity contribution < 1.29 is 55.1 Å². The number of carbonyl (C=O) groups is 1. The third kappa shape index (κ3) is 5.34. The van der Waals surface area contributed by atoms with Crippen LogP contribution in [-0.2, 0) is 14.3 Å². The Bertz CT molecular complexity index is 1270. The molecule has 0 aromatic rings. The Balaban J connectivity index is 1.48. The molecule has 0 amide bonds. The van der Waals surface area contributed by atoms with Gasteiger partial charge in [0, 0.05) is 23.2 Å². The third-order valence-corrected chi connectivity index (χ3v) is 13.8. The van der Waals surface area contributed by atoms with Crippen LogP contribution in [-0.4, -0.2) is 114 Å². The normalized spacial score (nSPS) is 49.6. The summed E-state index contributed by atoms with van der Waals surface area (Å²) in [5.74, 6) is -1.31. The molecule has 1 aliphatic heterocycles. The Kier molecular flexibility index (Phi) is 9.62. The Morgan fingerprint density at radius 3 is 2.28 bits per heavy atom. The van der Waals surface area contributed by atoms with Crippen molar-refractivity contribution in [2.45, 2.75) is 148 Å². The largest absolute Gasteiger partial charge is 0.394 e. The van der Waals surface area contributed by atoms with Crippen LogP contribution < -0.4 is 0 Å². The van der Waals surface area contributed by atoms with E-state index in [1.54, 1.807) is 6.92 Å². The second-order valence-corrected chi connectivity index (χ2v) is 17.0. The van der Waals surface area contributed by atoms with Crippen LogP contribution in [0.3, 0.4) is 0 Å². The molecule has 0 radical (unpaired) electrons. The molecule has 5 rings (SSSR count). The first kappa shape index (κ1) is 37.0. The van der Waals surface area contributed by atoms with E-state index in [1.165, 1.54) is 0 Å². The highest BCUT2D eigenvalue weighted by Gasteiger charge is 2.74. The molecule has 0 spiro atoms. The van der Waals surface area contributed by atoms with Crippen molar-refractivity contribution in [2.24, 2.45) is 39.4 Å². The summed E-state index contributed by atoms with van der Waals surface area (Å²) in [5.41, 5.74) is -2.84. The maximum absolute atomic E-state index is 14.7. The van der Waals surface area contributed by atoms with Crippen LogP contribution in [0.4, 0.5) is 0 Å². The minimum Gasteiger partial charge on any atom is -0.394 e. The molecule has 1 heterocycles. The summed E-state index contributed by atoms with van der Waals surface area (Å²) in [7, 11) is 0. The fourth-order valence-electron chi connectivity index (χ4n) is 11.0. The number of hydrogen-bond donors (Lipinski definition) is 8. The first-order valence-corrected chi connectivity index (χ1v) is 17.2. The van der Waals surface area contributed by atoms with Gasteiger partial charge in [-0.2, -0.15) is 0 Å². The summed E-state index contributed by atoms with van der Waals surface area (Å²) < 4.78 is 11.8. The number of hydrogen-bond acceptors (Lipinski definition) is 11. The first-order valence-electron chi connectivity index (χ1n) is 17.2. The number of allylic oxidation sites excluding steroid dienone is 2. The van der Waals surface area contributed by atoms with E-state index in [9.17, 15) is 45.6 Å². The molecule has 5 aliphatic rings. The number of rotatable bonds is 7. The van der Waals surface area contributed by atoms with Crippen molar-refractivity contribution in [3.05, 3.63) is 23.3 Å². The molecule has 4 unspecified atom stereocenters. The van der Waals surface area contributed by atoms with Crippen LogP contribution in [0.1, 0.15) is 87.5 Å². The van der Waals surface area contributed by atoms with Gasteiger partial charge in [-0.3, -0.25) is 4.79 Å². The van der Waals surface area contributed by atoms with Gasteiger partial charge in [-0.15, -0.1) is 0 Å². The SMILES string of the molecule is CC(C)=CCC(O)[C@](C)(O)C1[C@H](O)C[C@@]2(C)C3CC=C4C(C[C@H](O)[C@@H](O[C@@H]5O[C@H](CO)[C@@H](O)[C@H](O)[C@H]5O)C4(C)C)[C@]3(C)C(=O)C[C@]12C. The topological polar surface area (TPSA) is 197 Å². The van der Waals surface area contributed by atoms with Gasteiger partial charge in [-0.25, -0.2) is 0 Å². The van der Waals surface area contributed by atoms with Gasteiger partial charge < -0.3 is 50.3 Å². The first-order chi connectivity index (χ1) is 21.6. The zero-order valence-corrected chi connectivity index (χ0v) is 29.1. The Labute approximate surface area is 278 Å². The second kappa shape index (κ2) is 12.2. The fourth-order valence-corrected chi connectivity index (χ4v) is 11.0. The molecule has 11 nitrogen and oxygen atoms in total. The lowest BCUT2D eigenvalue weighted by molar-refractivity contribution is -0.327. The summed E-state index contributed by atoms with van der Waals surface area (Å²) in [6, 6.07) is 0. The lowest BCUT2D eigenvalue weighted by Gasteiger charge is -2.65. The van der Waals surface area contributed by atoms with Crippen LogP contribution in [0.5, 0.6) is 0 Å². The number of aliphatic hydroxyl groups is 8. The van der Waals surface area contributed by atoms with E-state index in [2.05, 4.69) is 13.0 Å². The maximum atomic E-state index is 14.7. The molecule has 4 fully saturated rings. The van der Waals surface area contributed by atoms with E-state index in [-0.39, 0.29) is 36.9 Å². The number of ketones is 1. The average Bonchev–Trinajstić information content (AvgIpc) is 3.18. The fraction of sp³-hybridized carbons (Fsp3) is 0.861. The highest BCUT2D eigenvalue weighted by Crippen LogP contribution is 2.74. The van der Waals surface area contributed by atoms with Gasteiger partial charge in [0.1, 0.15) is 30.2 Å².